The van der Waals surface area contributed by atoms with E-state index in [-0.39, 0.29) is 18.6 Å². The van der Waals surface area contributed by atoms with Crippen molar-refractivity contribution < 1.29 is 13.5 Å². The molecule has 0 aliphatic carbocycles. The number of hydrogen-bond acceptors (Lipinski definition) is 3. The molecular formula is C14H20F2N2O. The van der Waals surface area contributed by atoms with Crippen LogP contribution in [0.25, 0.3) is 0 Å². The van der Waals surface area contributed by atoms with Crippen molar-refractivity contribution in [2.75, 3.05) is 26.3 Å². The Labute approximate surface area is 112 Å². The second-order valence-electron chi connectivity index (χ2n) is 4.77. The van der Waals surface area contributed by atoms with Gasteiger partial charge >= 0.3 is 0 Å². The van der Waals surface area contributed by atoms with Gasteiger partial charge in [0.05, 0.1) is 19.3 Å². The van der Waals surface area contributed by atoms with E-state index in [0.29, 0.717) is 25.3 Å². The van der Waals surface area contributed by atoms with Crippen LogP contribution in [0.15, 0.2) is 18.2 Å². The van der Waals surface area contributed by atoms with Gasteiger partial charge in [0.1, 0.15) is 0 Å². The maximum absolute atomic E-state index is 13.9. The van der Waals surface area contributed by atoms with Crippen molar-refractivity contribution in [2.45, 2.75) is 25.4 Å². The Bertz CT molecular complexity index is 428. The van der Waals surface area contributed by atoms with Gasteiger partial charge in [-0.25, -0.2) is 8.78 Å². The molecule has 2 unspecified atom stereocenters. The predicted octanol–water partition coefficient (Wildman–Crippen LogP) is 2.08. The molecule has 2 atom stereocenters. The molecule has 2 rings (SSSR count). The van der Waals surface area contributed by atoms with Crippen LogP contribution in [-0.2, 0) is 4.74 Å². The fraction of sp³-hybridized carbons (Fsp3) is 0.571. The molecule has 1 aromatic carbocycles. The molecule has 0 spiro atoms. The Morgan fingerprint density at radius 2 is 2.26 bits per heavy atom. The fourth-order valence-electron chi connectivity index (χ4n) is 2.65. The van der Waals surface area contributed by atoms with Crippen LogP contribution >= 0.6 is 0 Å². The predicted molar refractivity (Wildman–Crippen MR) is 69.8 cm³/mol. The zero-order valence-electron chi connectivity index (χ0n) is 11.1. The third kappa shape index (κ3) is 2.94. The first-order valence-electron chi connectivity index (χ1n) is 6.66. The molecule has 1 aliphatic heterocycles. The van der Waals surface area contributed by atoms with Crippen molar-refractivity contribution in [3.8, 4) is 0 Å². The topological polar surface area (TPSA) is 38.5 Å². The third-order valence-corrected chi connectivity index (χ3v) is 3.71. The molecule has 0 bridgehead atoms. The van der Waals surface area contributed by atoms with Gasteiger partial charge in [-0.05, 0) is 12.5 Å². The average molecular weight is 270 g/mol. The van der Waals surface area contributed by atoms with Crippen molar-refractivity contribution in [1.82, 2.24) is 4.90 Å². The lowest BCUT2D eigenvalue weighted by Crippen LogP contribution is -2.49. The molecule has 0 amide bonds. The van der Waals surface area contributed by atoms with E-state index in [1.54, 1.807) is 6.07 Å². The van der Waals surface area contributed by atoms with Crippen LogP contribution in [0.1, 0.15) is 24.9 Å². The van der Waals surface area contributed by atoms with Crippen LogP contribution in [0.3, 0.4) is 0 Å². The largest absolute Gasteiger partial charge is 0.378 e. The van der Waals surface area contributed by atoms with E-state index in [1.165, 1.54) is 6.07 Å². The van der Waals surface area contributed by atoms with E-state index in [2.05, 4.69) is 11.8 Å². The number of halogens is 2. The molecule has 19 heavy (non-hydrogen) atoms. The molecule has 1 aliphatic rings. The Kier molecular flexibility index (Phi) is 4.85. The molecule has 1 fully saturated rings. The standard InChI is InChI=1S/C14H20F2N2O/c1-2-10-9-19-7-6-18(10)13(8-17)11-4-3-5-12(15)14(11)16/h3-5,10,13H,2,6-9,17H2,1H3. The number of ether oxygens (including phenoxy) is 1. The molecule has 5 heteroatoms. The Hall–Kier alpha value is -1.04. The van der Waals surface area contributed by atoms with Gasteiger partial charge in [0, 0.05) is 24.7 Å². The molecule has 2 N–H and O–H groups in total. The second kappa shape index (κ2) is 6.41. The lowest BCUT2D eigenvalue weighted by atomic mass is 10.0. The van der Waals surface area contributed by atoms with Gasteiger partial charge < -0.3 is 10.5 Å². The number of nitrogens with zero attached hydrogens (tertiary/aromatic N) is 1. The highest BCUT2D eigenvalue weighted by molar-refractivity contribution is 5.23. The van der Waals surface area contributed by atoms with E-state index in [4.69, 9.17) is 10.5 Å². The Balaban J connectivity index is 2.30. The number of hydrogen-bond donors (Lipinski definition) is 1. The first-order chi connectivity index (χ1) is 9.19. The summed E-state index contributed by atoms with van der Waals surface area (Å²) >= 11 is 0. The van der Waals surface area contributed by atoms with Crippen molar-refractivity contribution in [2.24, 2.45) is 5.73 Å². The quantitative estimate of drug-likeness (QED) is 0.910. The number of morpholine rings is 1. The smallest absolute Gasteiger partial charge is 0.163 e. The maximum atomic E-state index is 13.9. The van der Waals surface area contributed by atoms with Gasteiger partial charge in [-0.15, -0.1) is 0 Å². The normalized spacial score (nSPS) is 22.4. The summed E-state index contributed by atoms with van der Waals surface area (Å²) < 4.78 is 32.7. The van der Waals surface area contributed by atoms with Gasteiger partial charge in [-0.3, -0.25) is 4.90 Å². The molecule has 3 nitrogen and oxygen atoms in total. The monoisotopic (exact) mass is 270 g/mol. The summed E-state index contributed by atoms with van der Waals surface area (Å²) in [6.07, 6.45) is 0.896. The summed E-state index contributed by atoms with van der Waals surface area (Å²) in [5.41, 5.74) is 6.14. The van der Waals surface area contributed by atoms with Gasteiger partial charge in [0.15, 0.2) is 11.6 Å². The molecular weight excluding hydrogens is 250 g/mol. The van der Waals surface area contributed by atoms with E-state index in [9.17, 15) is 8.78 Å². The molecule has 0 radical (unpaired) electrons. The van der Waals surface area contributed by atoms with Crippen LogP contribution in [0, 0.1) is 11.6 Å². The summed E-state index contributed by atoms with van der Waals surface area (Å²) in [6.45, 7) is 4.23. The molecule has 0 aromatic heterocycles. The molecule has 1 heterocycles. The van der Waals surface area contributed by atoms with Crippen LogP contribution in [0.4, 0.5) is 8.78 Å². The highest BCUT2D eigenvalue weighted by Gasteiger charge is 2.30. The first kappa shape index (κ1) is 14.4. The van der Waals surface area contributed by atoms with Crippen molar-refractivity contribution >= 4 is 0 Å². The highest BCUT2D eigenvalue weighted by atomic mass is 19.2. The van der Waals surface area contributed by atoms with Crippen LogP contribution in [-0.4, -0.2) is 37.2 Å². The maximum Gasteiger partial charge on any atom is 0.163 e. The third-order valence-electron chi connectivity index (χ3n) is 3.71. The minimum absolute atomic E-state index is 0.199. The van der Waals surface area contributed by atoms with Gasteiger partial charge in [0.25, 0.3) is 0 Å². The van der Waals surface area contributed by atoms with E-state index in [0.717, 1.165) is 12.5 Å². The number of nitrogens with two attached hydrogens (primary N) is 1. The fourth-order valence-corrected chi connectivity index (χ4v) is 2.65. The van der Waals surface area contributed by atoms with Gasteiger partial charge in [-0.1, -0.05) is 19.1 Å². The number of rotatable bonds is 4. The van der Waals surface area contributed by atoms with Gasteiger partial charge in [-0.2, -0.15) is 0 Å². The second-order valence-corrected chi connectivity index (χ2v) is 4.77. The minimum Gasteiger partial charge on any atom is -0.378 e. The van der Waals surface area contributed by atoms with Crippen LogP contribution < -0.4 is 5.73 Å². The zero-order chi connectivity index (χ0) is 13.8. The summed E-state index contributed by atoms with van der Waals surface area (Å²) in [4.78, 5) is 2.13. The Morgan fingerprint density at radius 3 is 2.95 bits per heavy atom. The van der Waals surface area contributed by atoms with Gasteiger partial charge in [0.2, 0.25) is 0 Å². The van der Waals surface area contributed by atoms with Crippen molar-refractivity contribution in [1.29, 1.82) is 0 Å². The Morgan fingerprint density at radius 1 is 1.47 bits per heavy atom. The average Bonchev–Trinajstić information content (AvgIpc) is 2.45. The first-order valence-corrected chi connectivity index (χ1v) is 6.66. The van der Waals surface area contributed by atoms with E-state index < -0.39 is 11.6 Å². The summed E-state index contributed by atoms with van der Waals surface area (Å²) in [5, 5.41) is 0. The molecule has 1 aromatic rings. The van der Waals surface area contributed by atoms with E-state index >= 15 is 0 Å². The van der Waals surface area contributed by atoms with Crippen LogP contribution in [0.2, 0.25) is 0 Å². The number of benzene rings is 1. The molecule has 106 valence electrons. The lowest BCUT2D eigenvalue weighted by molar-refractivity contribution is -0.0298. The van der Waals surface area contributed by atoms with Crippen molar-refractivity contribution in [3.63, 3.8) is 0 Å². The molecule has 0 saturated carbocycles. The molecule has 1 saturated heterocycles. The lowest BCUT2D eigenvalue weighted by Gasteiger charge is -2.40. The van der Waals surface area contributed by atoms with Crippen molar-refractivity contribution in [3.05, 3.63) is 35.4 Å². The summed E-state index contributed by atoms with van der Waals surface area (Å²) in [5.74, 6) is -1.61. The highest BCUT2D eigenvalue weighted by Crippen LogP contribution is 2.28. The minimum atomic E-state index is -0.822. The zero-order valence-corrected chi connectivity index (χ0v) is 11.1. The SMILES string of the molecule is CCC1COCCN1C(CN)c1cccc(F)c1F. The van der Waals surface area contributed by atoms with Crippen LogP contribution in [0.5, 0.6) is 0 Å². The summed E-state index contributed by atoms with van der Waals surface area (Å²) in [6, 6.07) is 4.16. The summed E-state index contributed by atoms with van der Waals surface area (Å²) in [7, 11) is 0. The van der Waals surface area contributed by atoms with E-state index in [1.807, 2.05) is 0 Å².